The Morgan fingerprint density at radius 2 is 1.65 bits per heavy atom. The van der Waals surface area contributed by atoms with Gasteiger partial charge in [-0.05, 0) is 41.7 Å². The van der Waals surface area contributed by atoms with Crippen molar-refractivity contribution >= 4 is 32.9 Å². The summed E-state index contributed by atoms with van der Waals surface area (Å²) in [5, 5.41) is 2.28. The number of H-pyrrole nitrogens is 1. The molecule has 0 saturated carbocycles. The first kappa shape index (κ1) is 24.7. The molecule has 2 unspecified atom stereocenters. The van der Waals surface area contributed by atoms with E-state index < -0.39 is 27.2 Å². The van der Waals surface area contributed by atoms with Crippen LogP contribution in [-0.2, 0) is 32.5 Å². The van der Waals surface area contributed by atoms with E-state index in [1.807, 2.05) is 78.4 Å². The number of hydrogen-bond donors (Lipinski definition) is 3. The van der Waals surface area contributed by atoms with Crippen molar-refractivity contribution in [2.45, 2.75) is 37.5 Å². The fourth-order valence-corrected chi connectivity index (χ4v) is 6.11. The van der Waals surface area contributed by atoms with Crippen LogP contribution in [0.1, 0.15) is 47.2 Å². The number of fused-ring (bicyclic) bond motifs is 1. The van der Waals surface area contributed by atoms with Gasteiger partial charge in [-0.1, -0.05) is 73.7 Å². The standard InChI is InChI=1S/C28H28N4O4S/c1-18(15-19-7-3-2-4-8-19)28(34)31-24(27-29-22-9-5-6-10-23(22)30-27)16-20-11-13-21(14-12-20)25-17-26(33)32-37(25,35)36/h2-14,18,24-25H,15-17H2,1H3,(H,29,30)(H,31,34)(H,32,33)/t18?,24-,25?/m0/s1. The number of aromatic amines is 1. The Hall–Kier alpha value is -3.98. The normalized spacial score (nSPS) is 18.3. The van der Waals surface area contributed by atoms with Crippen molar-refractivity contribution in [2.24, 2.45) is 5.92 Å². The summed E-state index contributed by atoms with van der Waals surface area (Å²) in [5.41, 5.74) is 4.25. The molecule has 190 valence electrons. The number of imidazole rings is 1. The third-order valence-corrected chi connectivity index (χ3v) is 8.38. The third kappa shape index (κ3) is 5.56. The zero-order valence-electron chi connectivity index (χ0n) is 20.3. The number of sulfonamides is 1. The highest BCUT2D eigenvalue weighted by Gasteiger charge is 2.37. The number of hydrogen-bond acceptors (Lipinski definition) is 5. The Balaban J connectivity index is 1.37. The van der Waals surface area contributed by atoms with E-state index in [1.165, 1.54) is 0 Å². The van der Waals surface area contributed by atoms with Gasteiger partial charge in [-0.3, -0.25) is 14.3 Å². The zero-order valence-corrected chi connectivity index (χ0v) is 21.2. The molecule has 1 aromatic heterocycles. The molecule has 0 bridgehead atoms. The molecule has 1 saturated heterocycles. The van der Waals surface area contributed by atoms with Crippen molar-refractivity contribution in [3.05, 3.63) is 101 Å². The van der Waals surface area contributed by atoms with Crippen LogP contribution in [0.2, 0.25) is 0 Å². The van der Waals surface area contributed by atoms with Crippen LogP contribution >= 0.6 is 0 Å². The predicted molar refractivity (Wildman–Crippen MR) is 141 cm³/mol. The summed E-state index contributed by atoms with van der Waals surface area (Å²) in [6.07, 6.45) is 0.994. The highest BCUT2D eigenvalue weighted by atomic mass is 32.2. The molecule has 4 aromatic rings. The van der Waals surface area contributed by atoms with Gasteiger partial charge in [-0.2, -0.15) is 0 Å². The number of nitrogens with zero attached hydrogens (tertiary/aromatic N) is 1. The molecule has 3 aromatic carbocycles. The lowest BCUT2D eigenvalue weighted by Crippen LogP contribution is -2.35. The fraction of sp³-hybridized carbons (Fsp3) is 0.250. The monoisotopic (exact) mass is 516 g/mol. The van der Waals surface area contributed by atoms with Crippen molar-refractivity contribution in [3.63, 3.8) is 0 Å². The van der Waals surface area contributed by atoms with Crippen LogP contribution < -0.4 is 10.0 Å². The van der Waals surface area contributed by atoms with E-state index >= 15 is 0 Å². The smallest absolute Gasteiger partial charge is 0.242 e. The van der Waals surface area contributed by atoms with Gasteiger partial charge in [0, 0.05) is 5.92 Å². The number of nitrogens with one attached hydrogen (secondary N) is 3. The van der Waals surface area contributed by atoms with E-state index in [0.717, 1.165) is 22.2 Å². The van der Waals surface area contributed by atoms with Gasteiger partial charge in [0.05, 0.1) is 23.5 Å². The first-order valence-corrected chi connectivity index (χ1v) is 13.8. The molecular weight excluding hydrogens is 488 g/mol. The van der Waals surface area contributed by atoms with Gasteiger partial charge >= 0.3 is 0 Å². The van der Waals surface area contributed by atoms with Gasteiger partial charge in [-0.15, -0.1) is 0 Å². The maximum Gasteiger partial charge on any atom is 0.242 e. The van der Waals surface area contributed by atoms with Crippen LogP contribution in [-0.4, -0.2) is 30.2 Å². The molecule has 0 aliphatic carbocycles. The highest BCUT2D eigenvalue weighted by Crippen LogP contribution is 2.30. The molecule has 37 heavy (non-hydrogen) atoms. The van der Waals surface area contributed by atoms with Crippen molar-refractivity contribution in [3.8, 4) is 0 Å². The molecular formula is C28H28N4O4S. The van der Waals surface area contributed by atoms with E-state index in [4.69, 9.17) is 4.98 Å². The second-order valence-electron chi connectivity index (χ2n) is 9.50. The minimum atomic E-state index is -3.71. The Morgan fingerprint density at radius 1 is 0.973 bits per heavy atom. The summed E-state index contributed by atoms with van der Waals surface area (Å²) in [6.45, 7) is 1.91. The topological polar surface area (TPSA) is 121 Å². The zero-order chi connectivity index (χ0) is 26.0. The first-order valence-electron chi connectivity index (χ1n) is 12.2. The summed E-state index contributed by atoms with van der Waals surface area (Å²) in [5.74, 6) is -0.160. The lowest BCUT2D eigenvalue weighted by atomic mass is 9.98. The Morgan fingerprint density at radius 3 is 2.32 bits per heavy atom. The van der Waals surface area contributed by atoms with Gasteiger partial charge in [-0.25, -0.2) is 13.4 Å². The van der Waals surface area contributed by atoms with Crippen LogP contribution in [0.3, 0.4) is 0 Å². The second-order valence-corrected chi connectivity index (χ2v) is 11.4. The quantitative estimate of drug-likeness (QED) is 0.330. The van der Waals surface area contributed by atoms with Gasteiger partial charge < -0.3 is 10.3 Å². The lowest BCUT2D eigenvalue weighted by Gasteiger charge is -2.20. The maximum atomic E-state index is 13.2. The molecule has 0 spiro atoms. The lowest BCUT2D eigenvalue weighted by molar-refractivity contribution is -0.125. The van der Waals surface area contributed by atoms with Crippen LogP contribution in [0.5, 0.6) is 0 Å². The molecule has 5 rings (SSSR count). The molecule has 3 atom stereocenters. The second kappa shape index (κ2) is 10.2. The predicted octanol–water partition coefficient (Wildman–Crippen LogP) is 3.73. The largest absolute Gasteiger partial charge is 0.346 e. The summed E-state index contributed by atoms with van der Waals surface area (Å²) >= 11 is 0. The molecule has 2 amide bonds. The van der Waals surface area contributed by atoms with Crippen molar-refractivity contribution < 1.29 is 18.0 Å². The Kier molecular flexibility index (Phi) is 6.80. The van der Waals surface area contributed by atoms with Crippen LogP contribution in [0.15, 0.2) is 78.9 Å². The summed E-state index contributed by atoms with van der Waals surface area (Å²) in [6, 6.07) is 24.3. The molecule has 2 heterocycles. The van der Waals surface area contributed by atoms with Gasteiger partial charge in [0.2, 0.25) is 21.8 Å². The van der Waals surface area contributed by atoms with Crippen molar-refractivity contribution in [2.75, 3.05) is 0 Å². The summed E-state index contributed by atoms with van der Waals surface area (Å²) in [4.78, 5) is 32.9. The molecule has 8 nitrogen and oxygen atoms in total. The van der Waals surface area contributed by atoms with Crippen molar-refractivity contribution in [1.82, 2.24) is 20.0 Å². The average molecular weight is 517 g/mol. The van der Waals surface area contributed by atoms with E-state index in [0.29, 0.717) is 24.2 Å². The molecule has 1 aliphatic heterocycles. The minimum absolute atomic E-state index is 0.0763. The number of para-hydroxylation sites is 2. The van der Waals surface area contributed by atoms with Gasteiger partial charge in [0.15, 0.2) is 0 Å². The van der Waals surface area contributed by atoms with Crippen LogP contribution in [0.4, 0.5) is 0 Å². The first-order chi connectivity index (χ1) is 17.8. The number of amides is 2. The SMILES string of the molecule is CC(Cc1ccccc1)C(=O)N[C@@H](Cc1ccc(C2CC(=O)NS2(=O)=O)cc1)c1nc2ccccc2[nH]1. The number of aromatic nitrogens is 2. The Bertz CT molecular complexity index is 1500. The van der Waals surface area contributed by atoms with E-state index in [-0.39, 0.29) is 18.2 Å². The number of benzene rings is 3. The maximum absolute atomic E-state index is 13.2. The van der Waals surface area contributed by atoms with Crippen molar-refractivity contribution in [1.29, 1.82) is 0 Å². The third-order valence-electron chi connectivity index (χ3n) is 6.68. The molecule has 0 radical (unpaired) electrons. The van der Waals surface area contributed by atoms with Crippen LogP contribution in [0, 0.1) is 5.92 Å². The van der Waals surface area contributed by atoms with Crippen LogP contribution in [0.25, 0.3) is 11.0 Å². The fourth-order valence-electron chi connectivity index (χ4n) is 4.68. The number of carbonyl (C=O) groups is 2. The highest BCUT2D eigenvalue weighted by molar-refractivity contribution is 7.90. The minimum Gasteiger partial charge on any atom is -0.346 e. The molecule has 9 heteroatoms. The molecule has 3 N–H and O–H groups in total. The van der Waals surface area contributed by atoms with E-state index in [2.05, 4.69) is 10.3 Å². The average Bonchev–Trinajstić information content (AvgIpc) is 3.44. The number of rotatable bonds is 8. The van der Waals surface area contributed by atoms with Gasteiger partial charge in [0.25, 0.3) is 0 Å². The molecule has 1 aliphatic rings. The molecule has 1 fully saturated rings. The van der Waals surface area contributed by atoms with E-state index in [9.17, 15) is 18.0 Å². The summed E-state index contributed by atoms with van der Waals surface area (Å²) in [7, 11) is -3.71. The van der Waals surface area contributed by atoms with Gasteiger partial charge in [0.1, 0.15) is 11.1 Å². The number of carbonyl (C=O) groups excluding carboxylic acids is 2. The van der Waals surface area contributed by atoms with E-state index in [1.54, 1.807) is 12.1 Å². The Labute approximate surface area is 215 Å². The summed E-state index contributed by atoms with van der Waals surface area (Å²) < 4.78 is 26.5.